The largest absolute Gasteiger partial charge is 0.462 e. The number of thiazole rings is 1. The van der Waals surface area contributed by atoms with Gasteiger partial charge in [-0.3, -0.25) is 18.8 Å². The molecule has 2 N–H and O–H groups in total. The monoisotopic (exact) mass is 580 g/mol. The van der Waals surface area contributed by atoms with Crippen LogP contribution in [0, 0.1) is 11.6 Å². The van der Waals surface area contributed by atoms with Crippen molar-refractivity contribution in [2.24, 2.45) is 0 Å². The minimum absolute atomic E-state index is 0.175. The van der Waals surface area contributed by atoms with Crippen LogP contribution in [0.3, 0.4) is 0 Å². The Morgan fingerprint density at radius 1 is 1.10 bits per heavy atom. The molecule has 1 unspecified atom stereocenters. The van der Waals surface area contributed by atoms with Gasteiger partial charge in [0.25, 0.3) is 0 Å². The van der Waals surface area contributed by atoms with Gasteiger partial charge in [0.05, 0.1) is 29.8 Å². The van der Waals surface area contributed by atoms with Gasteiger partial charge in [0.15, 0.2) is 4.96 Å². The summed E-state index contributed by atoms with van der Waals surface area (Å²) in [4.78, 5) is 44.5. The number of fused-ring (bicyclic) bond motifs is 3. The number of amides is 2. The molecule has 214 valence electrons. The molecular weight excluding hydrogens is 550 g/mol. The molecule has 8 nitrogen and oxygen atoms in total. The van der Waals surface area contributed by atoms with Crippen molar-refractivity contribution in [1.29, 1.82) is 0 Å². The summed E-state index contributed by atoms with van der Waals surface area (Å²) in [7, 11) is 0. The fraction of sp³-hybridized carbons (Fsp3) is 0.333. The number of rotatable bonds is 8. The first-order valence-electron chi connectivity index (χ1n) is 13.4. The van der Waals surface area contributed by atoms with Gasteiger partial charge < -0.3 is 15.4 Å². The molecule has 11 heteroatoms. The number of anilines is 1. The fourth-order valence-corrected chi connectivity index (χ4v) is 6.17. The molecule has 41 heavy (non-hydrogen) atoms. The average Bonchev–Trinajstić information content (AvgIpc) is 3.46. The van der Waals surface area contributed by atoms with E-state index in [1.165, 1.54) is 11.8 Å². The summed E-state index contributed by atoms with van der Waals surface area (Å²) < 4.78 is 34.3. The number of carbonyl (C=O) groups excluding carboxylic acids is 3. The summed E-state index contributed by atoms with van der Waals surface area (Å²) in [6.07, 6.45) is 4.09. The van der Waals surface area contributed by atoms with Gasteiger partial charge in [-0.25, -0.2) is 13.8 Å². The number of ether oxygens (including phenoxy) is 1. The van der Waals surface area contributed by atoms with E-state index >= 15 is 0 Å². The smallest absolute Gasteiger partial charge is 0.315 e. The zero-order valence-corrected chi connectivity index (χ0v) is 23.7. The van der Waals surface area contributed by atoms with Crippen molar-refractivity contribution in [3.63, 3.8) is 0 Å². The number of aryl methyl sites for hydroxylation is 1. The third-order valence-electron chi connectivity index (χ3n) is 6.80. The first-order chi connectivity index (χ1) is 19.6. The van der Waals surface area contributed by atoms with Gasteiger partial charge in [0.2, 0.25) is 11.8 Å². The summed E-state index contributed by atoms with van der Waals surface area (Å²) >= 11 is 1.59. The topological polar surface area (TPSA) is 102 Å². The number of halogens is 2. The lowest BCUT2D eigenvalue weighted by Crippen LogP contribution is -2.42. The molecular formula is C30H30F2N4O4S. The fourth-order valence-electron chi connectivity index (χ4n) is 4.96. The van der Waals surface area contributed by atoms with Gasteiger partial charge in [-0.05, 0) is 69.9 Å². The summed E-state index contributed by atoms with van der Waals surface area (Å²) in [5, 5.41) is 5.30. The lowest BCUT2D eigenvalue weighted by atomic mass is 9.91. The van der Waals surface area contributed by atoms with E-state index in [2.05, 4.69) is 10.6 Å². The van der Waals surface area contributed by atoms with Crippen LogP contribution in [-0.2, 0) is 32.0 Å². The predicted molar refractivity (Wildman–Crippen MR) is 152 cm³/mol. The van der Waals surface area contributed by atoms with Crippen LogP contribution in [0.1, 0.15) is 55.7 Å². The van der Waals surface area contributed by atoms with Crippen LogP contribution in [0.15, 0.2) is 48.7 Å². The highest BCUT2D eigenvalue weighted by Crippen LogP contribution is 2.39. The van der Waals surface area contributed by atoms with Crippen LogP contribution in [0.5, 0.6) is 0 Å². The first kappa shape index (κ1) is 28.4. The van der Waals surface area contributed by atoms with Crippen molar-refractivity contribution in [2.45, 2.75) is 64.5 Å². The number of esters is 1. The molecule has 2 aromatic carbocycles. The molecule has 1 aliphatic rings. The molecule has 0 bridgehead atoms. The molecule has 2 aromatic heterocycles. The number of imidazole rings is 1. The summed E-state index contributed by atoms with van der Waals surface area (Å²) in [6, 6.07) is 9.15. The molecule has 5 rings (SSSR count). The van der Waals surface area contributed by atoms with E-state index in [-0.39, 0.29) is 30.0 Å². The molecule has 2 heterocycles. The SMILES string of the molecule is CC(C)OC(=O)C1CCCc2sc3nc(-c4ccc(NC(=O)[C@H](C)NC(=O)Cc5cc(F)cc(F)c5)cc4)cn3c21. The molecule has 0 aliphatic heterocycles. The number of nitrogens with zero attached hydrogens (tertiary/aromatic N) is 2. The van der Waals surface area contributed by atoms with Crippen LogP contribution in [0.4, 0.5) is 14.5 Å². The first-order valence-corrected chi connectivity index (χ1v) is 14.3. The maximum absolute atomic E-state index is 13.4. The van der Waals surface area contributed by atoms with Gasteiger partial charge in [0.1, 0.15) is 17.7 Å². The van der Waals surface area contributed by atoms with Crippen molar-refractivity contribution in [1.82, 2.24) is 14.7 Å². The highest BCUT2D eigenvalue weighted by Gasteiger charge is 2.33. The van der Waals surface area contributed by atoms with E-state index in [0.29, 0.717) is 5.69 Å². The average molecular weight is 581 g/mol. The van der Waals surface area contributed by atoms with Crippen molar-refractivity contribution in [3.8, 4) is 11.3 Å². The van der Waals surface area contributed by atoms with Crippen molar-refractivity contribution in [3.05, 3.63) is 76.4 Å². The Hall–Kier alpha value is -4.12. The second kappa shape index (κ2) is 11.8. The van der Waals surface area contributed by atoms with Crippen LogP contribution < -0.4 is 10.6 Å². The second-order valence-corrected chi connectivity index (χ2v) is 11.5. The van der Waals surface area contributed by atoms with Crippen molar-refractivity contribution < 1.29 is 27.9 Å². The summed E-state index contributed by atoms with van der Waals surface area (Å²) in [5.74, 6) is -3.03. The zero-order valence-electron chi connectivity index (χ0n) is 22.9. The number of benzene rings is 2. The second-order valence-electron chi connectivity index (χ2n) is 10.4. The Morgan fingerprint density at radius 3 is 2.49 bits per heavy atom. The van der Waals surface area contributed by atoms with Gasteiger partial charge in [-0.2, -0.15) is 0 Å². The van der Waals surface area contributed by atoms with Gasteiger partial charge in [0, 0.05) is 28.4 Å². The van der Waals surface area contributed by atoms with Crippen molar-refractivity contribution in [2.75, 3.05) is 5.32 Å². The van der Waals surface area contributed by atoms with Crippen LogP contribution in [-0.4, -0.2) is 39.3 Å². The number of hydrogen-bond acceptors (Lipinski definition) is 6. The van der Waals surface area contributed by atoms with Crippen LogP contribution >= 0.6 is 11.3 Å². The van der Waals surface area contributed by atoms with Gasteiger partial charge in [-0.1, -0.05) is 12.1 Å². The van der Waals surface area contributed by atoms with Crippen LogP contribution in [0.2, 0.25) is 0 Å². The standard InChI is InChI=1S/C30H30F2N4O4S/c1-16(2)40-29(39)23-5-4-6-25-27(23)36-15-24(35-30(36)41-25)19-7-9-22(10-8-19)34-28(38)17(3)33-26(37)13-18-11-20(31)14-21(32)12-18/h7-12,14-17,23H,4-6,13H2,1-3H3,(H,33,37)(H,34,38)/t17-,23?/m0/s1. The lowest BCUT2D eigenvalue weighted by molar-refractivity contribution is -0.149. The Morgan fingerprint density at radius 2 is 1.80 bits per heavy atom. The Bertz CT molecular complexity index is 1590. The number of carbonyl (C=O) groups is 3. The molecule has 0 radical (unpaired) electrons. The van der Waals surface area contributed by atoms with Gasteiger partial charge in [-0.15, -0.1) is 11.3 Å². The van der Waals surface area contributed by atoms with Gasteiger partial charge >= 0.3 is 5.97 Å². The Kier molecular flexibility index (Phi) is 8.16. The van der Waals surface area contributed by atoms with E-state index in [4.69, 9.17) is 9.72 Å². The third-order valence-corrected chi connectivity index (χ3v) is 7.93. The molecule has 2 amide bonds. The Labute approximate surface area is 239 Å². The molecule has 0 fully saturated rings. The van der Waals surface area contributed by atoms with E-state index in [1.54, 1.807) is 23.5 Å². The summed E-state index contributed by atoms with van der Waals surface area (Å²) in [5.41, 5.74) is 3.25. The number of aromatic nitrogens is 2. The minimum atomic E-state index is -0.873. The molecule has 0 saturated heterocycles. The molecule has 0 spiro atoms. The van der Waals surface area contributed by atoms with E-state index in [1.807, 2.05) is 36.6 Å². The normalized spacial score (nSPS) is 15.4. The molecule has 4 aromatic rings. The minimum Gasteiger partial charge on any atom is -0.462 e. The Balaban J connectivity index is 1.23. The number of hydrogen-bond donors (Lipinski definition) is 2. The van der Waals surface area contributed by atoms with E-state index in [0.717, 1.165) is 59.4 Å². The van der Waals surface area contributed by atoms with E-state index in [9.17, 15) is 23.2 Å². The van der Waals surface area contributed by atoms with Crippen LogP contribution in [0.25, 0.3) is 16.2 Å². The van der Waals surface area contributed by atoms with E-state index < -0.39 is 29.5 Å². The van der Waals surface area contributed by atoms with Crippen molar-refractivity contribution >= 4 is 39.8 Å². The zero-order chi connectivity index (χ0) is 29.3. The maximum Gasteiger partial charge on any atom is 0.315 e. The predicted octanol–water partition coefficient (Wildman–Crippen LogP) is 5.40. The number of nitrogens with one attached hydrogen (secondary N) is 2. The molecule has 0 saturated carbocycles. The summed E-state index contributed by atoms with van der Waals surface area (Å²) in [6.45, 7) is 5.22. The third kappa shape index (κ3) is 6.45. The molecule has 2 atom stereocenters. The maximum atomic E-state index is 13.4. The highest BCUT2D eigenvalue weighted by atomic mass is 32.1. The quantitative estimate of drug-likeness (QED) is 0.272. The lowest BCUT2D eigenvalue weighted by Gasteiger charge is -2.22. The molecule has 1 aliphatic carbocycles. The highest BCUT2D eigenvalue weighted by molar-refractivity contribution is 7.17.